The first-order chi connectivity index (χ1) is 14.1. The van der Waals surface area contributed by atoms with Crippen LogP contribution in [0.2, 0.25) is 0 Å². The van der Waals surface area contributed by atoms with Gasteiger partial charge in [-0.3, -0.25) is 9.78 Å². The number of pyridine rings is 1. The van der Waals surface area contributed by atoms with E-state index in [0.717, 1.165) is 55.6 Å². The molecule has 29 heavy (non-hydrogen) atoms. The van der Waals surface area contributed by atoms with E-state index in [4.69, 9.17) is 9.47 Å². The largest absolute Gasteiger partial charge is 0.462 e. The van der Waals surface area contributed by atoms with Crippen molar-refractivity contribution < 1.29 is 19.1 Å². The predicted octanol–water partition coefficient (Wildman–Crippen LogP) is 3.93. The van der Waals surface area contributed by atoms with Crippen LogP contribution >= 0.6 is 0 Å². The Bertz CT molecular complexity index is 877. The molecule has 1 fully saturated rings. The van der Waals surface area contributed by atoms with Gasteiger partial charge in [0, 0.05) is 30.5 Å². The van der Waals surface area contributed by atoms with Crippen LogP contribution in [0.5, 0.6) is 0 Å². The summed E-state index contributed by atoms with van der Waals surface area (Å²) in [6.07, 6.45) is 9.42. The SMILES string of the molecule is CC/C=C(/C=C1\OC(N2CCCCC2)=C(C(=O)OCC)C1=O)c1cccnc1C. The summed E-state index contributed by atoms with van der Waals surface area (Å²) in [4.78, 5) is 32.0. The summed E-state index contributed by atoms with van der Waals surface area (Å²) < 4.78 is 11.1. The zero-order valence-electron chi connectivity index (χ0n) is 17.4. The number of ether oxygens (including phenoxy) is 2. The molecule has 0 bridgehead atoms. The number of Topliss-reactive ketones (excluding diaryl/α,β-unsaturated/α-hetero) is 1. The second-order valence-electron chi connectivity index (χ2n) is 7.09. The van der Waals surface area contributed by atoms with Gasteiger partial charge in [-0.25, -0.2) is 4.79 Å². The minimum absolute atomic E-state index is 0.00115. The molecule has 2 aliphatic heterocycles. The number of ketones is 1. The zero-order valence-corrected chi connectivity index (χ0v) is 17.4. The van der Waals surface area contributed by atoms with Gasteiger partial charge in [-0.15, -0.1) is 0 Å². The lowest BCUT2D eigenvalue weighted by Gasteiger charge is -2.28. The van der Waals surface area contributed by atoms with Crippen LogP contribution in [0, 0.1) is 6.92 Å². The first-order valence-corrected chi connectivity index (χ1v) is 10.3. The Morgan fingerprint density at radius 3 is 2.69 bits per heavy atom. The molecule has 0 aromatic carbocycles. The van der Waals surface area contributed by atoms with Gasteiger partial charge in [0.15, 0.2) is 11.3 Å². The van der Waals surface area contributed by atoms with Crippen molar-refractivity contribution >= 4 is 17.3 Å². The normalized spacial score (nSPS) is 19.0. The quantitative estimate of drug-likeness (QED) is 0.412. The first kappa shape index (κ1) is 20.8. The van der Waals surface area contributed by atoms with Crippen molar-refractivity contribution in [2.45, 2.75) is 46.5 Å². The molecule has 0 saturated carbocycles. The van der Waals surface area contributed by atoms with Crippen LogP contribution in [0.25, 0.3) is 5.57 Å². The lowest BCUT2D eigenvalue weighted by molar-refractivity contribution is -0.139. The topological polar surface area (TPSA) is 68.7 Å². The van der Waals surface area contributed by atoms with E-state index < -0.39 is 11.8 Å². The summed E-state index contributed by atoms with van der Waals surface area (Å²) in [5.41, 5.74) is 2.65. The number of aromatic nitrogens is 1. The fourth-order valence-electron chi connectivity index (χ4n) is 3.62. The molecule has 1 aromatic rings. The molecule has 0 spiro atoms. The average molecular weight is 396 g/mol. The maximum absolute atomic E-state index is 13.1. The summed E-state index contributed by atoms with van der Waals surface area (Å²) in [7, 11) is 0. The number of carbonyl (C=O) groups is 2. The molecule has 0 aliphatic carbocycles. The number of esters is 1. The van der Waals surface area contributed by atoms with Gasteiger partial charge in [-0.2, -0.15) is 0 Å². The van der Waals surface area contributed by atoms with Crippen molar-refractivity contribution in [2.75, 3.05) is 19.7 Å². The van der Waals surface area contributed by atoms with Crippen LogP contribution in [-0.2, 0) is 19.1 Å². The Balaban J connectivity index is 1.98. The third-order valence-corrected chi connectivity index (χ3v) is 5.02. The summed E-state index contributed by atoms with van der Waals surface area (Å²) in [6, 6.07) is 3.83. The van der Waals surface area contributed by atoms with E-state index in [-0.39, 0.29) is 17.9 Å². The Labute approximate surface area is 171 Å². The highest BCUT2D eigenvalue weighted by Crippen LogP contribution is 2.32. The molecule has 3 rings (SSSR count). The predicted molar refractivity (Wildman–Crippen MR) is 111 cm³/mol. The molecular formula is C23H28N2O4. The minimum atomic E-state index is -0.625. The van der Waals surface area contributed by atoms with Gasteiger partial charge in [-0.1, -0.05) is 19.1 Å². The maximum atomic E-state index is 13.1. The van der Waals surface area contributed by atoms with E-state index in [1.165, 1.54) is 0 Å². The highest BCUT2D eigenvalue weighted by atomic mass is 16.5. The second kappa shape index (κ2) is 9.54. The molecule has 6 nitrogen and oxygen atoms in total. The molecule has 0 radical (unpaired) electrons. The van der Waals surface area contributed by atoms with Gasteiger partial charge in [0.25, 0.3) is 0 Å². The molecule has 0 amide bonds. The molecule has 1 saturated heterocycles. The number of rotatable bonds is 6. The lowest BCUT2D eigenvalue weighted by atomic mass is 10.0. The third kappa shape index (κ3) is 4.58. The van der Waals surface area contributed by atoms with Crippen molar-refractivity contribution in [3.05, 3.63) is 59.0 Å². The lowest BCUT2D eigenvalue weighted by Crippen LogP contribution is -2.31. The Hall–Kier alpha value is -2.89. The smallest absolute Gasteiger partial charge is 0.347 e. The number of allylic oxidation sites excluding steroid dienone is 4. The minimum Gasteiger partial charge on any atom is -0.462 e. The van der Waals surface area contributed by atoms with Crippen molar-refractivity contribution in [3.8, 4) is 0 Å². The Morgan fingerprint density at radius 2 is 2.03 bits per heavy atom. The van der Waals surface area contributed by atoms with Crippen LogP contribution in [0.4, 0.5) is 0 Å². The van der Waals surface area contributed by atoms with E-state index in [1.807, 2.05) is 37.0 Å². The molecule has 3 heterocycles. The van der Waals surface area contributed by atoms with Crippen molar-refractivity contribution in [1.82, 2.24) is 9.88 Å². The number of piperidine rings is 1. The van der Waals surface area contributed by atoms with Crippen LogP contribution in [0.3, 0.4) is 0 Å². The van der Waals surface area contributed by atoms with Gasteiger partial charge in [-0.05, 0) is 57.2 Å². The summed E-state index contributed by atoms with van der Waals surface area (Å²) in [5, 5.41) is 0. The molecule has 2 aliphatic rings. The van der Waals surface area contributed by atoms with E-state index in [1.54, 1.807) is 19.2 Å². The van der Waals surface area contributed by atoms with Gasteiger partial charge >= 0.3 is 5.97 Å². The number of aryl methyl sites for hydroxylation is 1. The molecule has 154 valence electrons. The molecular weight excluding hydrogens is 368 g/mol. The van der Waals surface area contributed by atoms with Crippen molar-refractivity contribution in [3.63, 3.8) is 0 Å². The second-order valence-corrected chi connectivity index (χ2v) is 7.09. The summed E-state index contributed by atoms with van der Waals surface area (Å²) in [6.45, 7) is 7.41. The number of hydrogen-bond donors (Lipinski definition) is 0. The first-order valence-electron chi connectivity index (χ1n) is 10.3. The van der Waals surface area contributed by atoms with E-state index in [0.29, 0.717) is 5.88 Å². The average Bonchev–Trinajstić information content (AvgIpc) is 3.05. The monoisotopic (exact) mass is 396 g/mol. The number of nitrogens with zero attached hydrogens (tertiary/aromatic N) is 2. The molecule has 0 atom stereocenters. The number of likely N-dealkylation sites (tertiary alicyclic amines) is 1. The van der Waals surface area contributed by atoms with Crippen LogP contribution < -0.4 is 0 Å². The zero-order chi connectivity index (χ0) is 20.8. The molecule has 0 unspecified atom stereocenters. The van der Waals surface area contributed by atoms with Crippen molar-refractivity contribution in [2.24, 2.45) is 0 Å². The van der Waals surface area contributed by atoms with Crippen molar-refractivity contribution in [1.29, 1.82) is 0 Å². The van der Waals surface area contributed by atoms with E-state index in [2.05, 4.69) is 4.98 Å². The molecule has 0 N–H and O–H groups in total. The molecule has 6 heteroatoms. The third-order valence-electron chi connectivity index (χ3n) is 5.02. The summed E-state index contributed by atoms with van der Waals surface area (Å²) >= 11 is 0. The van der Waals surface area contributed by atoms with E-state index in [9.17, 15) is 9.59 Å². The maximum Gasteiger partial charge on any atom is 0.347 e. The summed E-state index contributed by atoms with van der Waals surface area (Å²) in [5.74, 6) is -0.567. The Kier molecular flexibility index (Phi) is 6.86. The van der Waals surface area contributed by atoms with Crippen LogP contribution in [0.1, 0.15) is 50.8 Å². The highest BCUT2D eigenvalue weighted by Gasteiger charge is 2.39. The fraction of sp³-hybridized carbons (Fsp3) is 0.435. The fourth-order valence-corrected chi connectivity index (χ4v) is 3.62. The van der Waals surface area contributed by atoms with Crippen LogP contribution in [0.15, 0.2) is 47.7 Å². The van der Waals surface area contributed by atoms with E-state index >= 15 is 0 Å². The van der Waals surface area contributed by atoms with Gasteiger partial charge < -0.3 is 14.4 Å². The number of carbonyl (C=O) groups excluding carboxylic acids is 2. The molecule has 1 aromatic heterocycles. The standard InChI is InChI=1S/C23H28N2O4/c1-4-10-17(18-11-9-12-24-16(18)3)15-19-21(26)20(23(27)28-5-2)22(29-19)25-13-7-6-8-14-25/h9-12,15H,4-8,13-14H2,1-3H3/b17-10-,19-15-. The number of hydrogen-bond acceptors (Lipinski definition) is 6. The van der Waals surface area contributed by atoms with Gasteiger partial charge in [0.05, 0.1) is 6.61 Å². The van der Waals surface area contributed by atoms with Gasteiger partial charge in [0.1, 0.15) is 0 Å². The van der Waals surface area contributed by atoms with Gasteiger partial charge in [0.2, 0.25) is 11.7 Å². The van der Waals surface area contributed by atoms with Crippen LogP contribution in [-0.4, -0.2) is 41.3 Å². The highest BCUT2D eigenvalue weighted by molar-refractivity contribution is 6.25. The Morgan fingerprint density at radius 1 is 1.28 bits per heavy atom.